The first-order valence-corrected chi connectivity index (χ1v) is 11.8. The van der Waals surface area contributed by atoms with E-state index in [1.165, 1.54) is 0 Å². The number of carbonyl (C=O) groups is 2. The van der Waals surface area contributed by atoms with Crippen molar-refractivity contribution in [2.45, 2.75) is 50.2 Å². The minimum atomic E-state index is -1.64. The maximum absolute atomic E-state index is 13.4. The molecule has 9 heteroatoms. The van der Waals surface area contributed by atoms with Crippen LogP contribution in [0.2, 0.25) is 0 Å². The summed E-state index contributed by atoms with van der Waals surface area (Å²) in [7, 11) is 1.98. The molecule has 1 aromatic carbocycles. The van der Waals surface area contributed by atoms with E-state index in [2.05, 4.69) is 15.5 Å². The molecule has 34 heavy (non-hydrogen) atoms. The molecule has 2 fully saturated rings. The van der Waals surface area contributed by atoms with Crippen LogP contribution in [-0.2, 0) is 19.9 Å². The van der Waals surface area contributed by atoms with Crippen LogP contribution in [0.1, 0.15) is 44.1 Å². The van der Waals surface area contributed by atoms with Crippen molar-refractivity contribution in [1.29, 1.82) is 0 Å². The molecule has 1 aliphatic carbocycles. The number of esters is 1. The van der Waals surface area contributed by atoms with Gasteiger partial charge in [0.25, 0.3) is 5.91 Å². The number of likely N-dealkylation sites (tertiary alicyclic amines) is 1. The summed E-state index contributed by atoms with van der Waals surface area (Å²) >= 11 is 0. The number of rotatable bonds is 7. The molecule has 2 unspecified atom stereocenters. The standard InChI is InChI=1S/C25H32N4O4.BrH/c1-29(18-23(30)27-22-13-8-15-26-28-22)16-14-21(17-29)33-24(31)25(32,19-9-4-2-5-10-19)20-11-6-3-7-12-20;/h2,4-5,8-10,13,15,20-21,32H,3,6-7,11-12,14,16-18H2,1H3;1H/t21-,25?,29?;/m1./s1. The lowest BCUT2D eigenvalue weighted by atomic mass is 9.73. The highest BCUT2D eigenvalue weighted by Gasteiger charge is 2.49. The lowest BCUT2D eigenvalue weighted by Gasteiger charge is -2.37. The van der Waals surface area contributed by atoms with E-state index < -0.39 is 11.6 Å². The minimum Gasteiger partial charge on any atom is -1.00 e. The van der Waals surface area contributed by atoms with Crippen molar-refractivity contribution in [1.82, 2.24) is 10.2 Å². The Kier molecular flexibility index (Phi) is 8.78. The molecule has 0 radical (unpaired) electrons. The van der Waals surface area contributed by atoms with Crippen molar-refractivity contribution in [3.05, 3.63) is 54.2 Å². The maximum Gasteiger partial charge on any atom is 0.343 e. The molecular weight excluding hydrogens is 500 g/mol. The van der Waals surface area contributed by atoms with E-state index in [-0.39, 0.29) is 41.5 Å². The molecule has 3 atom stereocenters. The number of nitrogens with one attached hydrogen (secondary N) is 1. The van der Waals surface area contributed by atoms with E-state index in [9.17, 15) is 14.7 Å². The predicted molar refractivity (Wildman–Crippen MR) is 123 cm³/mol. The van der Waals surface area contributed by atoms with Gasteiger partial charge in [-0.05, 0) is 30.5 Å². The lowest BCUT2D eigenvalue weighted by Crippen LogP contribution is -3.00. The molecule has 4 rings (SSSR count). The number of likely N-dealkylation sites (N-methyl/N-ethyl adjacent to an activating group) is 1. The van der Waals surface area contributed by atoms with Crippen LogP contribution in [0.15, 0.2) is 48.7 Å². The fourth-order valence-electron chi connectivity index (χ4n) is 5.24. The molecule has 1 saturated heterocycles. The van der Waals surface area contributed by atoms with Crippen molar-refractivity contribution in [3.8, 4) is 0 Å². The SMILES string of the molecule is C[N+]1(CC(=O)Nc2cccnn2)CC[C@@H](OC(=O)C(O)(c2ccccc2)C2CCCCC2)C1.[Br-]. The van der Waals surface area contributed by atoms with Crippen LogP contribution in [-0.4, -0.2) is 64.4 Å². The van der Waals surface area contributed by atoms with Crippen LogP contribution in [0.5, 0.6) is 0 Å². The van der Waals surface area contributed by atoms with E-state index in [1.54, 1.807) is 18.3 Å². The van der Waals surface area contributed by atoms with Gasteiger partial charge < -0.3 is 36.6 Å². The Labute approximate surface area is 211 Å². The van der Waals surface area contributed by atoms with Crippen LogP contribution in [0.4, 0.5) is 5.82 Å². The zero-order valence-electron chi connectivity index (χ0n) is 19.5. The topological polar surface area (TPSA) is 101 Å². The average molecular weight is 533 g/mol. The summed E-state index contributed by atoms with van der Waals surface area (Å²) < 4.78 is 6.38. The van der Waals surface area contributed by atoms with Gasteiger partial charge in [-0.3, -0.25) is 4.79 Å². The second kappa shape index (κ2) is 11.4. The van der Waals surface area contributed by atoms with Crippen LogP contribution in [0.25, 0.3) is 0 Å². The second-order valence-electron chi connectivity index (χ2n) is 9.62. The molecular formula is C25H33BrN4O4. The van der Waals surface area contributed by atoms with Gasteiger partial charge in [-0.1, -0.05) is 49.6 Å². The normalized spacial score (nSPS) is 24.5. The van der Waals surface area contributed by atoms with Gasteiger partial charge in [0.2, 0.25) is 0 Å². The first kappa shape index (κ1) is 26.2. The van der Waals surface area contributed by atoms with Crippen LogP contribution in [0, 0.1) is 5.92 Å². The number of carbonyl (C=O) groups excluding carboxylic acids is 2. The number of halogens is 1. The van der Waals surface area contributed by atoms with Gasteiger partial charge in [-0.15, -0.1) is 5.10 Å². The number of benzene rings is 1. The van der Waals surface area contributed by atoms with Crippen LogP contribution in [0.3, 0.4) is 0 Å². The Balaban J connectivity index is 0.00000324. The number of aromatic nitrogens is 2. The Hall–Kier alpha value is -2.36. The second-order valence-corrected chi connectivity index (χ2v) is 9.62. The molecule has 1 amide bonds. The van der Waals surface area contributed by atoms with E-state index >= 15 is 0 Å². The molecule has 2 aliphatic rings. The number of aliphatic hydroxyl groups is 1. The lowest BCUT2D eigenvalue weighted by molar-refractivity contribution is -0.890. The molecule has 2 heterocycles. The third kappa shape index (κ3) is 6.00. The third-order valence-electron chi connectivity index (χ3n) is 7.00. The number of hydrogen-bond donors (Lipinski definition) is 2. The average Bonchev–Trinajstić information content (AvgIpc) is 3.19. The summed E-state index contributed by atoms with van der Waals surface area (Å²) in [5.41, 5.74) is -1.04. The molecule has 2 aromatic rings. The quantitative estimate of drug-likeness (QED) is 0.373. The van der Waals surface area contributed by atoms with Gasteiger partial charge >= 0.3 is 5.97 Å². The van der Waals surface area contributed by atoms with Crippen LogP contribution >= 0.6 is 0 Å². The molecule has 0 spiro atoms. The summed E-state index contributed by atoms with van der Waals surface area (Å²) in [5, 5.41) is 22.1. The highest BCUT2D eigenvalue weighted by atomic mass is 79.9. The Morgan fingerprint density at radius 2 is 1.85 bits per heavy atom. The van der Waals surface area contributed by atoms with Gasteiger partial charge in [-0.2, -0.15) is 5.10 Å². The van der Waals surface area contributed by atoms with E-state index in [1.807, 2.05) is 37.4 Å². The zero-order chi connectivity index (χ0) is 23.3. The number of ether oxygens (including phenoxy) is 1. The monoisotopic (exact) mass is 532 g/mol. The summed E-state index contributed by atoms with van der Waals surface area (Å²) in [6.45, 7) is 1.48. The van der Waals surface area contributed by atoms with E-state index in [0.29, 0.717) is 35.4 Å². The van der Waals surface area contributed by atoms with Gasteiger partial charge in [0, 0.05) is 18.5 Å². The predicted octanol–water partition coefficient (Wildman–Crippen LogP) is -0.351. The van der Waals surface area contributed by atoms with E-state index in [0.717, 1.165) is 32.1 Å². The molecule has 184 valence electrons. The Bertz CT molecular complexity index is 958. The number of nitrogens with zero attached hydrogens (tertiary/aromatic N) is 3. The van der Waals surface area contributed by atoms with Crippen molar-refractivity contribution in [3.63, 3.8) is 0 Å². The highest BCUT2D eigenvalue weighted by Crippen LogP contribution is 2.41. The van der Waals surface area contributed by atoms with Crippen molar-refractivity contribution >= 4 is 17.7 Å². The Morgan fingerprint density at radius 1 is 1.12 bits per heavy atom. The molecule has 8 nitrogen and oxygen atoms in total. The largest absolute Gasteiger partial charge is 1.00 e. The van der Waals surface area contributed by atoms with Crippen LogP contribution < -0.4 is 22.3 Å². The first-order chi connectivity index (χ1) is 15.9. The zero-order valence-corrected chi connectivity index (χ0v) is 21.1. The molecule has 1 aliphatic heterocycles. The van der Waals surface area contributed by atoms with Gasteiger partial charge in [-0.25, -0.2) is 4.79 Å². The van der Waals surface area contributed by atoms with Gasteiger partial charge in [0.05, 0.1) is 13.6 Å². The molecule has 2 N–H and O–H groups in total. The highest BCUT2D eigenvalue weighted by molar-refractivity contribution is 5.90. The van der Waals surface area contributed by atoms with Gasteiger partial charge in [0.15, 0.2) is 24.1 Å². The summed E-state index contributed by atoms with van der Waals surface area (Å²) in [6.07, 6.45) is 6.61. The fraction of sp³-hybridized carbons (Fsp3) is 0.520. The molecule has 1 aromatic heterocycles. The molecule has 0 bridgehead atoms. The Morgan fingerprint density at radius 3 is 2.53 bits per heavy atom. The van der Waals surface area contributed by atoms with Crippen molar-refractivity contribution in [2.24, 2.45) is 5.92 Å². The fourth-order valence-corrected chi connectivity index (χ4v) is 5.24. The number of quaternary nitrogens is 1. The first-order valence-electron chi connectivity index (χ1n) is 11.8. The van der Waals surface area contributed by atoms with Crippen molar-refractivity contribution < 1.29 is 40.9 Å². The van der Waals surface area contributed by atoms with E-state index in [4.69, 9.17) is 4.74 Å². The summed E-state index contributed by atoms with van der Waals surface area (Å²) in [4.78, 5) is 25.9. The summed E-state index contributed by atoms with van der Waals surface area (Å²) in [5.74, 6) is -0.464. The maximum atomic E-state index is 13.4. The summed E-state index contributed by atoms with van der Waals surface area (Å²) in [6, 6.07) is 12.6. The van der Waals surface area contributed by atoms with Crippen molar-refractivity contribution in [2.75, 3.05) is 32.0 Å². The number of amides is 1. The number of hydrogen-bond acceptors (Lipinski definition) is 6. The third-order valence-corrected chi connectivity index (χ3v) is 7.00. The minimum absolute atomic E-state index is 0. The number of anilines is 1. The smallest absolute Gasteiger partial charge is 0.343 e. The van der Waals surface area contributed by atoms with Gasteiger partial charge in [0.1, 0.15) is 6.54 Å². The molecule has 1 saturated carbocycles.